The third-order valence-corrected chi connectivity index (χ3v) is 6.61. The second kappa shape index (κ2) is 9.68. The Bertz CT molecular complexity index is 1400. The number of piperazine rings is 1. The molecule has 3 aromatic heterocycles. The fourth-order valence-corrected chi connectivity index (χ4v) is 4.66. The Kier molecular flexibility index (Phi) is 6.45. The van der Waals surface area contributed by atoms with E-state index in [0.29, 0.717) is 47.7 Å². The number of nitrogens with zero attached hydrogens (tertiary/aromatic N) is 5. The first-order valence-electron chi connectivity index (χ1n) is 11.2. The number of aryl methyl sites for hydroxylation is 2. The van der Waals surface area contributed by atoms with Crippen LogP contribution in [0.1, 0.15) is 21.9 Å². The molecule has 0 N–H and O–H groups in total. The van der Waals surface area contributed by atoms with Crippen LogP contribution < -0.4 is 4.90 Å². The van der Waals surface area contributed by atoms with E-state index >= 15 is 0 Å². The summed E-state index contributed by atoms with van der Waals surface area (Å²) in [5.74, 6) is 1.72. The van der Waals surface area contributed by atoms with E-state index in [4.69, 9.17) is 37.6 Å². The number of rotatable bonds is 4. The van der Waals surface area contributed by atoms with Crippen molar-refractivity contribution < 1.29 is 9.21 Å². The van der Waals surface area contributed by atoms with E-state index in [-0.39, 0.29) is 5.91 Å². The van der Waals surface area contributed by atoms with Crippen LogP contribution in [0.15, 0.2) is 59.4 Å². The van der Waals surface area contributed by atoms with Gasteiger partial charge in [0.15, 0.2) is 5.76 Å². The van der Waals surface area contributed by atoms with Crippen molar-refractivity contribution in [3.05, 3.63) is 82.1 Å². The van der Waals surface area contributed by atoms with Crippen molar-refractivity contribution in [2.45, 2.75) is 13.8 Å². The summed E-state index contributed by atoms with van der Waals surface area (Å²) >= 11 is 12.7. The first-order valence-corrected chi connectivity index (χ1v) is 12.0. The summed E-state index contributed by atoms with van der Waals surface area (Å²) in [6, 6.07) is 11.1. The molecule has 1 aliphatic rings. The highest BCUT2D eigenvalue weighted by Gasteiger charge is 2.26. The minimum absolute atomic E-state index is 0.0957. The predicted molar refractivity (Wildman–Crippen MR) is 137 cm³/mol. The average molecular weight is 508 g/mol. The summed E-state index contributed by atoms with van der Waals surface area (Å²) in [6.07, 6.45) is 5.06. The van der Waals surface area contributed by atoms with Crippen LogP contribution in [-0.2, 0) is 0 Å². The molecule has 4 heterocycles. The first kappa shape index (κ1) is 23.3. The van der Waals surface area contributed by atoms with Crippen molar-refractivity contribution in [1.29, 1.82) is 0 Å². The smallest absolute Gasteiger partial charge is 0.289 e. The summed E-state index contributed by atoms with van der Waals surface area (Å²) < 4.78 is 5.51. The van der Waals surface area contributed by atoms with Crippen LogP contribution in [-0.4, -0.2) is 51.9 Å². The molecule has 178 valence electrons. The van der Waals surface area contributed by atoms with Crippen molar-refractivity contribution >= 4 is 34.9 Å². The van der Waals surface area contributed by atoms with Gasteiger partial charge in [0.05, 0.1) is 16.9 Å². The molecule has 0 spiro atoms. The van der Waals surface area contributed by atoms with E-state index in [1.54, 1.807) is 35.6 Å². The molecule has 1 saturated heterocycles. The van der Waals surface area contributed by atoms with Crippen molar-refractivity contribution in [1.82, 2.24) is 19.9 Å². The molecule has 35 heavy (non-hydrogen) atoms. The van der Waals surface area contributed by atoms with E-state index in [0.717, 1.165) is 34.0 Å². The number of amides is 1. The lowest BCUT2D eigenvalue weighted by Crippen LogP contribution is -2.49. The van der Waals surface area contributed by atoms with Crippen LogP contribution in [0, 0.1) is 13.8 Å². The van der Waals surface area contributed by atoms with E-state index < -0.39 is 0 Å². The molecular weight excluding hydrogens is 485 g/mol. The van der Waals surface area contributed by atoms with Gasteiger partial charge in [0.1, 0.15) is 17.3 Å². The fourth-order valence-electron chi connectivity index (χ4n) is 4.22. The SMILES string of the molecule is Cc1ccc(C(=O)N2CCN(c3cnc(-c4ccc(Cl)cc4C)c(-c4ccncc4Cl)n3)CC2)o1. The lowest BCUT2D eigenvalue weighted by molar-refractivity contribution is 0.0713. The maximum absolute atomic E-state index is 12.7. The quantitative estimate of drug-likeness (QED) is 0.353. The minimum atomic E-state index is -0.0957. The third-order valence-electron chi connectivity index (χ3n) is 6.07. The van der Waals surface area contributed by atoms with Gasteiger partial charge in [0.2, 0.25) is 0 Å². The Hall–Kier alpha value is -3.42. The van der Waals surface area contributed by atoms with Gasteiger partial charge in [-0.3, -0.25) is 14.8 Å². The number of halogens is 2. The van der Waals surface area contributed by atoms with Gasteiger partial charge in [0.25, 0.3) is 5.91 Å². The number of aromatic nitrogens is 3. The molecule has 7 nitrogen and oxygen atoms in total. The summed E-state index contributed by atoms with van der Waals surface area (Å²) in [5.41, 5.74) is 4.07. The first-order chi connectivity index (χ1) is 16.9. The molecule has 0 aliphatic carbocycles. The summed E-state index contributed by atoms with van der Waals surface area (Å²) in [6.45, 7) is 6.19. The molecule has 4 aromatic rings. The fraction of sp³-hybridized carbons (Fsp3) is 0.231. The van der Waals surface area contributed by atoms with Gasteiger partial charge in [-0.25, -0.2) is 4.98 Å². The average Bonchev–Trinajstić information content (AvgIpc) is 3.30. The molecule has 1 amide bonds. The Morgan fingerprint density at radius 3 is 2.43 bits per heavy atom. The lowest BCUT2D eigenvalue weighted by Gasteiger charge is -2.35. The minimum Gasteiger partial charge on any atom is -0.456 e. The number of hydrogen-bond donors (Lipinski definition) is 0. The molecule has 1 aromatic carbocycles. The van der Waals surface area contributed by atoms with Gasteiger partial charge < -0.3 is 14.2 Å². The van der Waals surface area contributed by atoms with E-state index in [1.165, 1.54) is 0 Å². The van der Waals surface area contributed by atoms with Crippen molar-refractivity contribution in [3.63, 3.8) is 0 Å². The highest BCUT2D eigenvalue weighted by molar-refractivity contribution is 6.33. The van der Waals surface area contributed by atoms with Crippen LogP contribution in [0.3, 0.4) is 0 Å². The summed E-state index contributed by atoms with van der Waals surface area (Å²) in [5, 5.41) is 1.16. The molecule has 0 atom stereocenters. The number of furan rings is 1. The topological polar surface area (TPSA) is 75.4 Å². The molecule has 1 fully saturated rings. The Labute approximate surface area is 213 Å². The molecule has 1 aliphatic heterocycles. The molecule has 0 radical (unpaired) electrons. The number of pyridine rings is 1. The Morgan fingerprint density at radius 2 is 1.74 bits per heavy atom. The Morgan fingerprint density at radius 1 is 0.943 bits per heavy atom. The summed E-state index contributed by atoms with van der Waals surface area (Å²) in [7, 11) is 0. The molecular formula is C26H23Cl2N5O2. The maximum Gasteiger partial charge on any atom is 0.289 e. The zero-order chi connectivity index (χ0) is 24.5. The van der Waals surface area contributed by atoms with E-state index in [2.05, 4.69) is 9.88 Å². The van der Waals surface area contributed by atoms with Crippen LogP contribution in [0.5, 0.6) is 0 Å². The largest absolute Gasteiger partial charge is 0.456 e. The number of carbonyl (C=O) groups is 1. The molecule has 5 rings (SSSR count). The lowest BCUT2D eigenvalue weighted by atomic mass is 10.0. The number of hydrogen-bond acceptors (Lipinski definition) is 6. The number of benzene rings is 1. The second-order valence-electron chi connectivity index (χ2n) is 8.43. The Balaban J connectivity index is 1.45. The zero-order valence-corrected chi connectivity index (χ0v) is 20.8. The van der Waals surface area contributed by atoms with Crippen molar-refractivity contribution in [3.8, 4) is 22.5 Å². The van der Waals surface area contributed by atoms with Crippen LogP contribution in [0.25, 0.3) is 22.5 Å². The van der Waals surface area contributed by atoms with Gasteiger partial charge in [-0.2, -0.15) is 0 Å². The number of anilines is 1. The summed E-state index contributed by atoms with van der Waals surface area (Å²) in [4.78, 5) is 30.6. The van der Waals surface area contributed by atoms with Crippen LogP contribution in [0.2, 0.25) is 10.0 Å². The van der Waals surface area contributed by atoms with Gasteiger partial charge >= 0.3 is 0 Å². The third kappa shape index (κ3) is 4.74. The molecule has 0 saturated carbocycles. The zero-order valence-electron chi connectivity index (χ0n) is 19.3. The monoisotopic (exact) mass is 507 g/mol. The van der Waals surface area contributed by atoms with Crippen molar-refractivity contribution in [2.24, 2.45) is 0 Å². The molecule has 0 bridgehead atoms. The highest BCUT2D eigenvalue weighted by atomic mass is 35.5. The van der Waals surface area contributed by atoms with Gasteiger partial charge in [-0.15, -0.1) is 0 Å². The van der Waals surface area contributed by atoms with Gasteiger partial charge in [-0.05, 0) is 49.7 Å². The predicted octanol–water partition coefficient (Wildman–Crippen LogP) is 5.68. The standard InChI is InChI=1S/C26H23Cl2N5O2/c1-16-13-18(27)4-5-19(16)24-25(20-7-8-29-14-21(20)28)31-23(15-30-24)32-9-11-33(12-10-32)26(34)22-6-3-17(2)35-22/h3-8,13-15H,9-12H2,1-2H3. The van der Waals surface area contributed by atoms with Crippen LogP contribution in [0.4, 0.5) is 5.82 Å². The maximum atomic E-state index is 12.7. The molecule has 0 unspecified atom stereocenters. The number of carbonyl (C=O) groups excluding carboxylic acids is 1. The van der Waals surface area contributed by atoms with Crippen molar-refractivity contribution in [2.75, 3.05) is 31.1 Å². The second-order valence-corrected chi connectivity index (χ2v) is 9.27. The van der Waals surface area contributed by atoms with Gasteiger partial charge in [0, 0.05) is 54.7 Å². The van der Waals surface area contributed by atoms with Crippen LogP contribution >= 0.6 is 23.2 Å². The van der Waals surface area contributed by atoms with E-state index in [9.17, 15) is 4.79 Å². The van der Waals surface area contributed by atoms with E-state index in [1.807, 2.05) is 38.1 Å². The van der Waals surface area contributed by atoms with Gasteiger partial charge in [-0.1, -0.05) is 29.3 Å². The highest BCUT2D eigenvalue weighted by Crippen LogP contribution is 2.36. The normalized spacial score (nSPS) is 13.8. The molecule has 9 heteroatoms.